The first kappa shape index (κ1) is 42.5. The largest absolute Gasteiger partial charge is 0.309 e. The average Bonchev–Trinajstić information content (AvgIpc) is 4.25. The minimum absolute atomic E-state index is 0.108. The second-order valence-corrected chi connectivity index (χ2v) is 22.2. The van der Waals surface area contributed by atoms with E-state index in [0.717, 1.165) is 16.9 Å². The summed E-state index contributed by atoms with van der Waals surface area (Å²) in [5.41, 5.74) is 26.5. The van der Waals surface area contributed by atoms with E-state index in [-0.39, 0.29) is 10.8 Å². The lowest BCUT2D eigenvalue weighted by molar-refractivity contribution is 0.658. The van der Waals surface area contributed by atoms with Crippen molar-refractivity contribution >= 4 is 43.6 Å². The number of rotatable bonds is 5. The van der Waals surface area contributed by atoms with Crippen LogP contribution >= 0.6 is 0 Å². The highest BCUT2D eigenvalue weighted by atomic mass is 15.0. The second-order valence-electron chi connectivity index (χ2n) is 22.2. The van der Waals surface area contributed by atoms with Gasteiger partial charge in [0.25, 0.3) is 0 Å². The molecule has 0 atom stereocenters. The molecule has 0 N–H and O–H groups in total. The molecule has 0 unspecified atom stereocenters. The monoisotopic (exact) mass is 957 g/mol. The molecular weight excluding hydrogens is 907 g/mol. The minimum atomic E-state index is -0.658. The summed E-state index contributed by atoms with van der Waals surface area (Å²) in [6.45, 7) is 9.50. The van der Waals surface area contributed by atoms with Crippen LogP contribution in [0.15, 0.2) is 237 Å². The van der Waals surface area contributed by atoms with Crippen LogP contribution in [0.1, 0.15) is 72.2 Å². The number of benzene rings is 10. The molecule has 0 amide bonds. The van der Waals surface area contributed by atoms with Crippen molar-refractivity contribution in [1.82, 2.24) is 14.1 Å². The van der Waals surface area contributed by atoms with Crippen LogP contribution in [0.5, 0.6) is 0 Å². The van der Waals surface area contributed by atoms with Gasteiger partial charge in [0.05, 0.1) is 33.2 Å². The third-order valence-corrected chi connectivity index (χ3v) is 17.9. The number of pyridine rings is 1. The summed E-state index contributed by atoms with van der Waals surface area (Å²) in [5.74, 6) is 0. The van der Waals surface area contributed by atoms with Gasteiger partial charge >= 0.3 is 0 Å². The molecule has 10 aromatic carbocycles. The summed E-state index contributed by atoms with van der Waals surface area (Å²) in [5, 5.41) is 4.96. The predicted molar refractivity (Wildman–Crippen MR) is 311 cm³/mol. The predicted octanol–water partition coefficient (Wildman–Crippen LogP) is 17.9. The zero-order chi connectivity index (χ0) is 50.0. The number of fused-ring (bicyclic) bond motifs is 15. The number of hydrogen-bond acceptors (Lipinski definition) is 1. The molecule has 3 heterocycles. The van der Waals surface area contributed by atoms with Crippen molar-refractivity contribution in [3.05, 3.63) is 281 Å². The number of nitrogens with zero attached hydrogens (tertiary/aromatic N) is 3. The lowest BCUT2D eigenvalue weighted by atomic mass is 9.66. The fraction of sp³-hybridized carbons (Fsp3) is 0.0972. The molecule has 0 fully saturated rings. The standard InChI is InChI=1S/C72H51N3/c1-70(2)59-23-12-8-19-50(59)54-41-46(30-33-61(54)70)72(47-31-34-62-55(42-47)51-20-9-13-24-60(51)71(62,3)4)63-35-32-49(43-58(63)69-64(72)25-16-38-73-69)75-66-27-15-11-22-53(66)57-40-45(29-37-68(57)75)44-28-36-67-56(39-44)52-21-10-14-26-65(52)74(67)48-17-6-5-7-18-48/h5-43H,1-4H3. The Morgan fingerprint density at radius 2 is 0.773 bits per heavy atom. The quantitative estimate of drug-likeness (QED) is 0.169. The number of para-hydroxylation sites is 3. The van der Waals surface area contributed by atoms with Crippen molar-refractivity contribution in [3.8, 4) is 56.0 Å². The van der Waals surface area contributed by atoms with Crippen molar-refractivity contribution in [2.75, 3.05) is 0 Å². The van der Waals surface area contributed by atoms with Crippen LogP contribution in [-0.4, -0.2) is 14.1 Å². The van der Waals surface area contributed by atoms with E-state index in [1.165, 1.54) is 127 Å². The van der Waals surface area contributed by atoms with Crippen molar-refractivity contribution in [2.24, 2.45) is 0 Å². The first-order valence-corrected chi connectivity index (χ1v) is 26.4. The molecule has 3 aliphatic rings. The van der Waals surface area contributed by atoms with E-state index in [9.17, 15) is 0 Å². The first-order chi connectivity index (χ1) is 36.7. The maximum absolute atomic E-state index is 5.35. The Morgan fingerprint density at radius 3 is 1.36 bits per heavy atom. The minimum Gasteiger partial charge on any atom is -0.309 e. The Bertz CT molecular complexity index is 4490. The highest BCUT2D eigenvalue weighted by Crippen LogP contribution is 2.60. The molecule has 13 aromatic rings. The fourth-order valence-corrected chi connectivity index (χ4v) is 14.4. The summed E-state index contributed by atoms with van der Waals surface area (Å²) in [7, 11) is 0. The molecule has 0 spiro atoms. The SMILES string of the molecule is CC1(C)c2ccccc2-c2cc(C3(c4ccc5c(c4)-c4ccccc4C5(C)C)c4ccc(-n5c6ccccc6c6cc(-c7ccc8c(c7)c7ccccc7n8-c7ccccc7)ccc65)cc4-c4ncccc43)ccc21. The van der Waals surface area contributed by atoms with Gasteiger partial charge in [-0.15, -0.1) is 0 Å². The molecular formula is C72H51N3. The van der Waals surface area contributed by atoms with Crippen LogP contribution in [0.2, 0.25) is 0 Å². The molecule has 0 saturated carbocycles. The van der Waals surface area contributed by atoms with Gasteiger partial charge in [0.2, 0.25) is 0 Å². The van der Waals surface area contributed by atoms with E-state index in [2.05, 4.69) is 267 Å². The number of hydrogen-bond donors (Lipinski definition) is 0. The molecule has 0 aliphatic heterocycles. The maximum atomic E-state index is 5.35. The summed E-state index contributed by atoms with van der Waals surface area (Å²) in [6, 6.07) is 86.9. The van der Waals surface area contributed by atoms with Crippen molar-refractivity contribution in [3.63, 3.8) is 0 Å². The summed E-state index contributed by atoms with van der Waals surface area (Å²) in [4.78, 5) is 5.35. The molecule has 3 aromatic heterocycles. The van der Waals surface area contributed by atoms with Gasteiger partial charge < -0.3 is 9.13 Å². The van der Waals surface area contributed by atoms with Crippen LogP contribution in [-0.2, 0) is 16.2 Å². The lowest BCUT2D eigenvalue weighted by Crippen LogP contribution is -2.29. The van der Waals surface area contributed by atoms with Gasteiger partial charge in [0.1, 0.15) is 0 Å². The van der Waals surface area contributed by atoms with E-state index in [0.29, 0.717) is 0 Å². The topological polar surface area (TPSA) is 22.8 Å². The lowest BCUT2D eigenvalue weighted by Gasteiger charge is -2.35. The molecule has 0 saturated heterocycles. The van der Waals surface area contributed by atoms with Gasteiger partial charge in [-0.25, -0.2) is 0 Å². The molecule has 3 heteroatoms. The zero-order valence-electron chi connectivity index (χ0n) is 42.4. The van der Waals surface area contributed by atoms with Gasteiger partial charge in [-0.2, -0.15) is 0 Å². The Morgan fingerprint density at radius 1 is 0.307 bits per heavy atom. The van der Waals surface area contributed by atoms with Crippen molar-refractivity contribution in [1.29, 1.82) is 0 Å². The molecule has 3 nitrogen and oxygen atoms in total. The highest BCUT2D eigenvalue weighted by Gasteiger charge is 2.49. The Balaban J connectivity index is 0.900. The van der Waals surface area contributed by atoms with Crippen LogP contribution in [0.3, 0.4) is 0 Å². The van der Waals surface area contributed by atoms with Gasteiger partial charge in [-0.3, -0.25) is 4.98 Å². The Hall–Kier alpha value is -9.05. The third-order valence-electron chi connectivity index (χ3n) is 17.9. The van der Waals surface area contributed by atoms with E-state index in [4.69, 9.17) is 4.98 Å². The van der Waals surface area contributed by atoms with Crippen LogP contribution < -0.4 is 0 Å². The highest BCUT2D eigenvalue weighted by molar-refractivity contribution is 6.13. The molecule has 0 bridgehead atoms. The number of aromatic nitrogens is 3. The normalized spacial score (nSPS) is 15.0. The Kier molecular flexibility index (Phi) is 8.51. The van der Waals surface area contributed by atoms with Gasteiger partial charge in [0.15, 0.2) is 0 Å². The van der Waals surface area contributed by atoms with Crippen LogP contribution in [0.4, 0.5) is 0 Å². The second kappa shape index (κ2) is 15.0. The summed E-state index contributed by atoms with van der Waals surface area (Å²) < 4.78 is 4.85. The zero-order valence-corrected chi connectivity index (χ0v) is 42.4. The average molecular weight is 958 g/mol. The molecule has 0 radical (unpaired) electrons. The fourth-order valence-electron chi connectivity index (χ4n) is 14.4. The van der Waals surface area contributed by atoms with E-state index >= 15 is 0 Å². The Labute approximate surface area is 436 Å². The van der Waals surface area contributed by atoms with E-state index in [1.807, 2.05) is 6.20 Å². The van der Waals surface area contributed by atoms with Crippen molar-refractivity contribution < 1.29 is 0 Å². The maximum Gasteiger partial charge on any atom is 0.0753 e. The molecule has 3 aliphatic carbocycles. The summed E-state index contributed by atoms with van der Waals surface area (Å²) >= 11 is 0. The van der Waals surface area contributed by atoms with Gasteiger partial charge in [0, 0.05) is 55.5 Å². The van der Waals surface area contributed by atoms with Crippen molar-refractivity contribution in [2.45, 2.75) is 43.9 Å². The molecule has 16 rings (SSSR count). The van der Waals surface area contributed by atoms with E-state index < -0.39 is 5.41 Å². The smallest absolute Gasteiger partial charge is 0.0753 e. The van der Waals surface area contributed by atoms with Crippen LogP contribution in [0, 0.1) is 0 Å². The third kappa shape index (κ3) is 5.57. The van der Waals surface area contributed by atoms with Gasteiger partial charge in [-0.05, 0) is 157 Å². The van der Waals surface area contributed by atoms with Gasteiger partial charge in [-0.1, -0.05) is 179 Å². The van der Waals surface area contributed by atoms with E-state index in [1.54, 1.807) is 0 Å². The van der Waals surface area contributed by atoms with Crippen LogP contribution in [0.25, 0.3) is 99.6 Å². The molecule has 354 valence electrons. The summed E-state index contributed by atoms with van der Waals surface area (Å²) in [6.07, 6.45) is 1.98. The molecule has 75 heavy (non-hydrogen) atoms. The first-order valence-electron chi connectivity index (χ1n) is 26.4.